The van der Waals surface area contributed by atoms with Gasteiger partial charge in [0.15, 0.2) is 0 Å². The summed E-state index contributed by atoms with van der Waals surface area (Å²) in [6, 6.07) is 3.76. The molecule has 0 saturated carbocycles. The molecule has 0 spiro atoms. The number of aromatic nitrogens is 1. The lowest BCUT2D eigenvalue weighted by Gasteiger charge is -2.28. The molecule has 1 aromatic rings. The molecule has 1 aliphatic rings. The molecule has 2 rings (SSSR count). The number of aliphatic hydroxyl groups is 1. The Kier molecular flexibility index (Phi) is 3.51. The molecule has 0 amide bonds. The molecule has 0 fully saturated rings. The zero-order valence-electron chi connectivity index (χ0n) is 9.28. The van der Waals surface area contributed by atoms with Crippen molar-refractivity contribution >= 4 is 5.97 Å². The molecule has 1 unspecified atom stereocenters. The summed E-state index contributed by atoms with van der Waals surface area (Å²) in [5.74, 6) is -0.969. The smallest absolute Gasteiger partial charge is 0.332 e. The monoisotopic (exact) mass is 234 g/mol. The Hall–Kier alpha value is -1.72. The van der Waals surface area contributed by atoms with Crippen molar-refractivity contribution in [2.24, 2.45) is 0 Å². The molecule has 2 heterocycles. The van der Waals surface area contributed by atoms with E-state index in [0.717, 1.165) is 5.56 Å². The van der Waals surface area contributed by atoms with Crippen LogP contribution in [0.2, 0.25) is 0 Å². The number of aliphatic hydroxyl groups excluding tert-OH is 1. The van der Waals surface area contributed by atoms with E-state index in [-0.39, 0.29) is 5.57 Å². The van der Waals surface area contributed by atoms with Crippen LogP contribution >= 0.6 is 0 Å². The molecule has 90 valence electrons. The normalized spacial score (nSPS) is 21.0. The number of aliphatic carboxylic acids is 1. The lowest BCUT2D eigenvalue weighted by molar-refractivity contribution is -0.133. The van der Waals surface area contributed by atoms with Crippen molar-refractivity contribution in [2.75, 3.05) is 13.1 Å². The van der Waals surface area contributed by atoms with Crippen molar-refractivity contribution in [3.8, 4) is 0 Å². The van der Waals surface area contributed by atoms with Gasteiger partial charge in [-0.15, -0.1) is 0 Å². The topological polar surface area (TPSA) is 73.7 Å². The number of hydrogen-bond acceptors (Lipinski definition) is 4. The average molecular weight is 234 g/mol. The van der Waals surface area contributed by atoms with Crippen LogP contribution in [0.15, 0.2) is 36.2 Å². The van der Waals surface area contributed by atoms with E-state index in [1.165, 1.54) is 6.08 Å². The number of pyridine rings is 1. The zero-order chi connectivity index (χ0) is 12.3. The Morgan fingerprint density at radius 3 is 2.82 bits per heavy atom. The van der Waals surface area contributed by atoms with Crippen molar-refractivity contribution in [1.82, 2.24) is 9.88 Å². The molecule has 17 heavy (non-hydrogen) atoms. The number of carbonyl (C=O) groups is 1. The average Bonchev–Trinajstić information content (AvgIpc) is 2.29. The Morgan fingerprint density at radius 1 is 1.47 bits per heavy atom. The molecule has 0 bridgehead atoms. The Morgan fingerprint density at radius 2 is 2.18 bits per heavy atom. The molecule has 2 N–H and O–H groups in total. The maximum Gasteiger partial charge on any atom is 0.332 e. The standard InChI is InChI=1S/C12H14N2O3/c15-11-5-10(12(16)17)7-14(8-11)6-9-1-3-13-4-2-9/h1-5,11,15H,6-8H2,(H,16,17). The molecular weight excluding hydrogens is 220 g/mol. The van der Waals surface area contributed by atoms with Crippen molar-refractivity contribution in [3.05, 3.63) is 41.7 Å². The first-order valence-electron chi connectivity index (χ1n) is 5.38. The molecule has 5 nitrogen and oxygen atoms in total. The van der Waals surface area contributed by atoms with Gasteiger partial charge in [-0.3, -0.25) is 9.88 Å². The Bertz CT molecular complexity index is 431. The van der Waals surface area contributed by atoms with E-state index in [1.54, 1.807) is 12.4 Å². The highest BCUT2D eigenvalue weighted by Gasteiger charge is 2.22. The number of hydrogen-bond donors (Lipinski definition) is 2. The minimum absolute atomic E-state index is 0.248. The van der Waals surface area contributed by atoms with Gasteiger partial charge in [-0.1, -0.05) is 0 Å². The lowest BCUT2D eigenvalue weighted by Crippen LogP contribution is -2.38. The Labute approximate surface area is 99.0 Å². The number of carboxylic acids is 1. The van der Waals surface area contributed by atoms with Gasteiger partial charge in [0.05, 0.1) is 6.10 Å². The molecule has 0 aromatic carbocycles. The quantitative estimate of drug-likeness (QED) is 0.785. The number of rotatable bonds is 3. The van der Waals surface area contributed by atoms with Gasteiger partial charge < -0.3 is 10.2 Å². The van der Waals surface area contributed by atoms with Crippen LogP contribution in [0.25, 0.3) is 0 Å². The highest BCUT2D eigenvalue weighted by molar-refractivity contribution is 5.87. The van der Waals surface area contributed by atoms with Crippen LogP contribution in [0.4, 0.5) is 0 Å². The van der Waals surface area contributed by atoms with Crippen LogP contribution < -0.4 is 0 Å². The van der Waals surface area contributed by atoms with Gasteiger partial charge >= 0.3 is 5.97 Å². The molecule has 5 heteroatoms. The van der Waals surface area contributed by atoms with E-state index in [4.69, 9.17) is 5.11 Å². The van der Waals surface area contributed by atoms with Gasteiger partial charge in [-0.2, -0.15) is 0 Å². The summed E-state index contributed by atoms with van der Waals surface area (Å²) in [6.07, 6.45) is 4.09. The third-order valence-corrected chi connectivity index (χ3v) is 2.66. The summed E-state index contributed by atoms with van der Waals surface area (Å²) in [4.78, 5) is 16.7. The first-order valence-corrected chi connectivity index (χ1v) is 5.38. The largest absolute Gasteiger partial charge is 0.478 e. The second-order valence-electron chi connectivity index (χ2n) is 4.09. The molecule has 0 saturated heterocycles. The van der Waals surface area contributed by atoms with E-state index in [1.807, 2.05) is 17.0 Å². The summed E-state index contributed by atoms with van der Waals surface area (Å²) >= 11 is 0. The minimum atomic E-state index is -0.969. The van der Waals surface area contributed by atoms with Gasteiger partial charge in [0.1, 0.15) is 0 Å². The van der Waals surface area contributed by atoms with Crippen LogP contribution in [-0.2, 0) is 11.3 Å². The van der Waals surface area contributed by atoms with Crippen LogP contribution in [0.5, 0.6) is 0 Å². The van der Waals surface area contributed by atoms with E-state index in [9.17, 15) is 9.90 Å². The van der Waals surface area contributed by atoms with Crippen molar-refractivity contribution in [1.29, 1.82) is 0 Å². The highest BCUT2D eigenvalue weighted by atomic mass is 16.4. The number of nitrogens with zero attached hydrogens (tertiary/aromatic N) is 2. The van der Waals surface area contributed by atoms with Crippen molar-refractivity contribution < 1.29 is 15.0 Å². The van der Waals surface area contributed by atoms with Gasteiger partial charge in [-0.25, -0.2) is 4.79 Å². The third-order valence-electron chi connectivity index (χ3n) is 2.66. The summed E-state index contributed by atoms with van der Waals surface area (Å²) in [5.41, 5.74) is 1.30. The zero-order valence-corrected chi connectivity index (χ0v) is 9.28. The van der Waals surface area contributed by atoms with E-state index in [0.29, 0.717) is 19.6 Å². The third kappa shape index (κ3) is 3.12. The van der Waals surface area contributed by atoms with Crippen molar-refractivity contribution in [2.45, 2.75) is 12.6 Å². The fraction of sp³-hybridized carbons (Fsp3) is 0.333. The summed E-state index contributed by atoms with van der Waals surface area (Å²) in [5, 5.41) is 18.5. The van der Waals surface area contributed by atoms with Crippen LogP contribution in [0, 0.1) is 0 Å². The maximum absolute atomic E-state index is 10.9. The fourth-order valence-electron chi connectivity index (χ4n) is 1.91. The predicted octanol–water partition coefficient (Wildman–Crippen LogP) is 0.269. The molecule has 0 aliphatic carbocycles. The van der Waals surface area contributed by atoms with E-state index >= 15 is 0 Å². The highest BCUT2D eigenvalue weighted by Crippen LogP contribution is 2.13. The molecule has 1 atom stereocenters. The molecular formula is C12H14N2O3. The second-order valence-corrected chi connectivity index (χ2v) is 4.09. The van der Waals surface area contributed by atoms with Gasteiger partial charge in [-0.05, 0) is 23.8 Å². The lowest BCUT2D eigenvalue weighted by atomic mass is 10.1. The van der Waals surface area contributed by atoms with E-state index < -0.39 is 12.1 Å². The summed E-state index contributed by atoms with van der Waals surface area (Å²) in [7, 11) is 0. The molecule has 1 aliphatic heterocycles. The number of β-amino-alcohol motifs (C(OH)–C–C–N with tert-alkyl or cyclic N) is 1. The SMILES string of the molecule is O=C(O)C1=CC(O)CN(Cc2ccncc2)C1. The minimum Gasteiger partial charge on any atom is -0.478 e. The van der Waals surface area contributed by atoms with Gasteiger partial charge in [0.25, 0.3) is 0 Å². The maximum atomic E-state index is 10.9. The summed E-state index contributed by atoms with van der Waals surface area (Å²) in [6.45, 7) is 1.43. The first kappa shape index (κ1) is 11.8. The summed E-state index contributed by atoms with van der Waals surface area (Å²) < 4.78 is 0. The van der Waals surface area contributed by atoms with Gasteiger partial charge in [0, 0.05) is 37.6 Å². The molecule has 1 aromatic heterocycles. The van der Waals surface area contributed by atoms with Crippen LogP contribution in [0.1, 0.15) is 5.56 Å². The predicted molar refractivity (Wildman–Crippen MR) is 61.2 cm³/mol. The van der Waals surface area contributed by atoms with Crippen LogP contribution in [0.3, 0.4) is 0 Å². The van der Waals surface area contributed by atoms with E-state index in [2.05, 4.69) is 4.98 Å². The molecule has 0 radical (unpaired) electrons. The first-order chi connectivity index (χ1) is 8.15. The second kappa shape index (κ2) is 5.07. The van der Waals surface area contributed by atoms with Gasteiger partial charge in [0.2, 0.25) is 0 Å². The number of carboxylic acid groups (broad SMARTS) is 1. The van der Waals surface area contributed by atoms with Crippen molar-refractivity contribution in [3.63, 3.8) is 0 Å². The van der Waals surface area contributed by atoms with Crippen LogP contribution in [-0.4, -0.2) is 45.3 Å². The fourth-order valence-corrected chi connectivity index (χ4v) is 1.91. The Balaban J connectivity index is 2.04.